The number of amides is 1. The van der Waals surface area contributed by atoms with Crippen molar-refractivity contribution in [1.82, 2.24) is 10.6 Å². The summed E-state index contributed by atoms with van der Waals surface area (Å²) in [6, 6.07) is 10.0. The topological polar surface area (TPSA) is 64.9 Å². The van der Waals surface area contributed by atoms with Gasteiger partial charge < -0.3 is 10.6 Å². The van der Waals surface area contributed by atoms with Crippen molar-refractivity contribution in [1.29, 1.82) is 5.26 Å². The second-order valence-electron chi connectivity index (χ2n) is 5.47. The third kappa shape index (κ3) is 7.17. The summed E-state index contributed by atoms with van der Waals surface area (Å²) in [5, 5.41) is 14.3. The number of nitrogens with zero attached hydrogens (tertiary/aromatic N) is 1. The highest BCUT2D eigenvalue weighted by Crippen LogP contribution is 2.19. The average Bonchev–Trinajstić information content (AvgIpc) is 2.40. The van der Waals surface area contributed by atoms with E-state index in [0.717, 1.165) is 11.4 Å². The van der Waals surface area contributed by atoms with Crippen LogP contribution in [0.1, 0.15) is 26.3 Å². The van der Waals surface area contributed by atoms with Crippen LogP contribution in [0.3, 0.4) is 0 Å². The monoisotopic (exact) mass is 291 g/mol. The van der Waals surface area contributed by atoms with Crippen molar-refractivity contribution in [2.45, 2.75) is 37.8 Å². The first-order valence-electron chi connectivity index (χ1n) is 6.51. The summed E-state index contributed by atoms with van der Waals surface area (Å²) in [5.41, 5.74) is 1.28. The van der Waals surface area contributed by atoms with E-state index >= 15 is 0 Å². The lowest BCUT2D eigenvalue weighted by Gasteiger charge is -2.20. The Morgan fingerprint density at radius 2 is 2.15 bits per heavy atom. The number of rotatable bonds is 6. The van der Waals surface area contributed by atoms with Crippen molar-refractivity contribution in [2.24, 2.45) is 0 Å². The van der Waals surface area contributed by atoms with Crippen molar-refractivity contribution < 1.29 is 4.79 Å². The molecule has 1 amide bonds. The second kappa shape index (κ2) is 7.93. The number of nitriles is 1. The van der Waals surface area contributed by atoms with Gasteiger partial charge in [-0.2, -0.15) is 5.26 Å². The SMILES string of the molecule is CC(C)(C)NCc1cccc(SCC(=O)NCC#N)c1. The van der Waals surface area contributed by atoms with Gasteiger partial charge in [0.25, 0.3) is 0 Å². The van der Waals surface area contributed by atoms with Crippen molar-refractivity contribution >= 4 is 17.7 Å². The van der Waals surface area contributed by atoms with Crippen LogP contribution >= 0.6 is 11.8 Å². The molecule has 0 aromatic heterocycles. The minimum Gasteiger partial charge on any atom is -0.342 e. The van der Waals surface area contributed by atoms with Gasteiger partial charge in [0.05, 0.1) is 11.8 Å². The van der Waals surface area contributed by atoms with Crippen molar-refractivity contribution in [2.75, 3.05) is 12.3 Å². The van der Waals surface area contributed by atoms with Crippen LogP contribution in [0.15, 0.2) is 29.2 Å². The fourth-order valence-electron chi connectivity index (χ4n) is 1.45. The molecule has 0 fully saturated rings. The quantitative estimate of drug-likeness (QED) is 0.623. The van der Waals surface area contributed by atoms with E-state index in [2.05, 4.69) is 43.5 Å². The van der Waals surface area contributed by atoms with Crippen LogP contribution in [0.2, 0.25) is 0 Å². The Morgan fingerprint density at radius 3 is 2.80 bits per heavy atom. The van der Waals surface area contributed by atoms with Crippen molar-refractivity contribution in [3.8, 4) is 6.07 Å². The average molecular weight is 291 g/mol. The number of hydrogen-bond donors (Lipinski definition) is 2. The molecule has 5 heteroatoms. The molecule has 0 aliphatic carbocycles. The molecule has 1 aromatic carbocycles. The first-order chi connectivity index (χ1) is 9.40. The second-order valence-corrected chi connectivity index (χ2v) is 6.52. The van der Waals surface area contributed by atoms with E-state index in [1.165, 1.54) is 17.3 Å². The van der Waals surface area contributed by atoms with E-state index in [1.54, 1.807) is 0 Å². The van der Waals surface area contributed by atoms with Crippen LogP contribution in [0.5, 0.6) is 0 Å². The fourth-order valence-corrected chi connectivity index (χ4v) is 2.26. The van der Waals surface area contributed by atoms with Gasteiger partial charge in [-0.05, 0) is 38.5 Å². The zero-order chi connectivity index (χ0) is 15.0. The van der Waals surface area contributed by atoms with Crippen LogP contribution in [0, 0.1) is 11.3 Å². The standard InChI is InChI=1S/C15H21N3OS/c1-15(2,3)18-10-12-5-4-6-13(9-12)20-11-14(19)17-8-7-16/h4-6,9,18H,8,10-11H2,1-3H3,(H,17,19). The summed E-state index contributed by atoms with van der Waals surface area (Å²) in [5.74, 6) is 0.215. The zero-order valence-corrected chi connectivity index (χ0v) is 13.0. The number of hydrogen-bond acceptors (Lipinski definition) is 4. The summed E-state index contributed by atoms with van der Waals surface area (Å²) >= 11 is 1.48. The van der Waals surface area contributed by atoms with Crippen molar-refractivity contribution in [3.05, 3.63) is 29.8 Å². The van der Waals surface area contributed by atoms with E-state index in [1.807, 2.05) is 18.2 Å². The van der Waals surface area contributed by atoms with Crippen LogP contribution in [-0.2, 0) is 11.3 Å². The maximum absolute atomic E-state index is 11.4. The Bertz CT molecular complexity index is 489. The molecule has 2 N–H and O–H groups in total. The molecule has 0 heterocycles. The smallest absolute Gasteiger partial charge is 0.231 e. The van der Waals surface area contributed by atoms with E-state index in [9.17, 15) is 4.79 Å². The number of carbonyl (C=O) groups is 1. The lowest BCUT2D eigenvalue weighted by molar-refractivity contribution is -0.118. The van der Waals surface area contributed by atoms with E-state index in [4.69, 9.17) is 5.26 Å². The fraction of sp³-hybridized carbons (Fsp3) is 0.467. The van der Waals surface area contributed by atoms with Gasteiger partial charge in [0, 0.05) is 17.0 Å². The molecule has 0 radical (unpaired) electrons. The normalized spacial score (nSPS) is 10.9. The third-order valence-electron chi connectivity index (χ3n) is 2.46. The van der Waals surface area contributed by atoms with Gasteiger partial charge >= 0.3 is 0 Å². The maximum Gasteiger partial charge on any atom is 0.231 e. The minimum absolute atomic E-state index is 0.0644. The summed E-state index contributed by atoms with van der Waals surface area (Å²) in [6.45, 7) is 7.26. The van der Waals surface area contributed by atoms with Gasteiger partial charge in [0.1, 0.15) is 6.54 Å². The first kappa shape index (κ1) is 16.5. The molecular weight excluding hydrogens is 270 g/mol. The van der Waals surface area contributed by atoms with Gasteiger partial charge in [-0.3, -0.25) is 4.79 Å². The molecule has 0 aliphatic rings. The third-order valence-corrected chi connectivity index (χ3v) is 3.45. The molecule has 108 valence electrons. The van der Waals surface area contributed by atoms with Crippen LogP contribution in [0.25, 0.3) is 0 Å². The molecule has 0 saturated carbocycles. The van der Waals surface area contributed by atoms with E-state index in [0.29, 0.717) is 5.75 Å². The molecule has 0 spiro atoms. The molecule has 0 atom stereocenters. The number of carbonyl (C=O) groups excluding carboxylic acids is 1. The molecule has 0 saturated heterocycles. The molecule has 1 aromatic rings. The maximum atomic E-state index is 11.4. The van der Waals surface area contributed by atoms with Crippen LogP contribution in [0.4, 0.5) is 0 Å². The number of thioether (sulfide) groups is 1. The lowest BCUT2D eigenvalue weighted by atomic mass is 10.1. The Balaban J connectivity index is 2.48. The Labute approximate surface area is 124 Å². The Hall–Kier alpha value is -1.51. The van der Waals surface area contributed by atoms with Gasteiger partial charge in [0.15, 0.2) is 0 Å². The highest BCUT2D eigenvalue weighted by molar-refractivity contribution is 8.00. The molecule has 0 bridgehead atoms. The Morgan fingerprint density at radius 1 is 1.40 bits per heavy atom. The predicted molar refractivity (Wildman–Crippen MR) is 82.4 cm³/mol. The molecule has 0 aliphatic heterocycles. The van der Waals surface area contributed by atoms with E-state index in [-0.39, 0.29) is 18.0 Å². The van der Waals surface area contributed by atoms with Crippen LogP contribution in [-0.4, -0.2) is 23.7 Å². The Kier molecular flexibility index (Phi) is 6.56. The highest BCUT2D eigenvalue weighted by atomic mass is 32.2. The summed E-state index contributed by atoms with van der Waals surface area (Å²) in [6.07, 6.45) is 0. The summed E-state index contributed by atoms with van der Waals surface area (Å²) < 4.78 is 0. The first-order valence-corrected chi connectivity index (χ1v) is 7.50. The van der Waals surface area contributed by atoms with Gasteiger partial charge in [0.2, 0.25) is 5.91 Å². The number of benzene rings is 1. The molecule has 0 unspecified atom stereocenters. The highest BCUT2D eigenvalue weighted by Gasteiger charge is 2.08. The van der Waals surface area contributed by atoms with Gasteiger partial charge in [-0.25, -0.2) is 0 Å². The van der Waals surface area contributed by atoms with Crippen molar-refractivity contribution in [3.63, 3.8) is 0 Å². The zero-order valence-electron chi connectivity index (χ0n) is 12.2. The van der Waals surface area contributed by atoms with E-state index < -0.39 is 0 Å². The summed E-state index contributed by atoms with van der Waals surface area (Å²) in [7, 11) is 0. The van der Waals surface area contributed by atoms with Gasteiger partial charge in [-0.1, -0.05) is 12.1 Å². The van der Waals surface area contributed by atoms with Gasteiger partial charge in [-0.15, -0.1) is 11.8 Å². The lowest BCUT2D eigenvalue weighted by Crippen LogP contribution is -2.35. The summed E-state index contributed by atoms with van der Waals surface area (Å²) in [4.78, 5) is 12.5. The minimum atomic E-state index is -0.116. The molecule has 1 rings (SSSR count). The predicted octanol–water partition coefficient (Wildman–Crippen LogP) is 2.31. The molecule has 4 nitrogen and oxygen atoms in total. The molecule has 20 heavy (non-hydrogen) atoms. The molecular formula is C15H21N3OS. The number of nitrogens with one attached hydrogen (secondary N) is 2. The van der Waals surface area contributed by atoms with Crippen LogP contribution < -0.4 is 10.6 Å². The largest absolute Gasteiger partial charge is 0.342 e.